The Labute approximate surface area is 177 Å². The number of carbonyl (C=O) groups is 1. The summed E-state index contributed by atoms with van der Waals surface area (Å²) >= 11 is 0. The summed E-state index contributed by atoms with van der Waals surface area (Å²) in [5.74, 6) is 1.02. The van der Waals surface area contributed by atoms with Crippen LogP contribution in [0.25, 0.3) is 22.7 Å². The quantitative estimate of drug-likeness (QED) is 0.454. The van der Waals surface area contributed by atoms with Crippen molar-refractivity contribution in [3.8, 4) is 28.5 Å². The van der Waals surface area contributed by atoms with Crippen molar-refractivity contribution in [3.05, 3.63) is 77.2 Å². The molecule has 1 amide bonds. The highest BCUT2D eigenvalue weighted by Gasteiger charge is 2.12. The van der Waals surface area contributed by atoms with Crippen LogP contribution in [0.5, 0.6) is 5.75 Å². The van der Waals surface area contributed by atoms with Gasteiger partial charge in [0.05, 0.1) is 24.9 Å². The molecule has 0 saturated carbocycles. The SMILES string of the molecule is CCOc1ccc(-c2cc(=O)n(CCNC(=O)c3cc(-c4ccco4)[nH]n3)cn2)cc1. The molecule has 31 heavy (non-hydrogen) atoms. The zero-order valence-corrected chi connectivity index (χ0v) is 16.9. The molecule has 1 aromatic carbocycles. The van der Waals surface area contributed by atoms with Gasteiger partial charge in [-0.15, -0.1) is 0 Å². The van der Waals surface area contributed by atoms with E-state index in [1.54, 1.807) is 24.5 Å². The minimum Gasteiger partial charge on any atom is -0.494 e. The molecule has 0 unspecified atom stereocenters. The number of carbonyl (C=O) groups excluding carboxylic acids is 1. The van der Waals surface area contributed by atoms with E-state index < -0.39 is 0 Å². The Morgan fingerprint density at radius 3 is 2.77 bits per heavy atom. The number of hydrogen-bond acceptors (Lipinski definition) is 6. The molecule has 0 atom stereocenters. The molecule has 4 aromatic rings. The van der Waals surface area contributed by atoms with Crippen LogP contribution in [0.1, 0.15) is 17.4 Å². The molecule has 2 N–H and O–H groups in total. The van der Waals surface area contributed by atoms with Crippen molar-refractivity contribution in [1.82, 2.24) is 25.1 Å². The van der Waals surface area contributed by atoms with Gasteiger partial charge in [0.25, 0.3) is 11.5 Å². The van der Waals surface area contributed by atoms with Gasteiger partial charge in [-0.25, -0.2) is 4.98 Å². The minimum absolute atomic E-state index is 0.201. The topological polar surface area (TPSA) is 115 Å². The van der Waals surface area contributed by atoms with Crippen LogP contribution in [0.4, 0.5) is 0 Å². The van der Waals surface area contributed by atoms with Crippen molar-refractivity contribution >= 4 is 5.91 Å². The summed E-state index contributed by atoms with van der Waals surface area (Å²) < 4.78 is 12.1. The Balaban J connectivity index is 1.34. The van der Waals surface area contributed by atoms with Crippen molar-refractivity contribution in [2.24, 2.45) is 0 Å². The van der Waals surface area contributed by atoms with Gasteiger partial charge in [0.15, 0.2) is 11.5 Å². The summed E-state index contributed by atoms with van der Waals surface area (Å²) in [6.07, 6.45) is 3.02. The maximum Gasteiger partial charge on any atom is 0.271 e. The van der Waals surface area contributed by atoms with Crippen LogP contribution >= 0.6 is 0 Å². The lowest BCUT2D eigenvalue weighted by atomic mass is 10.1. The van der Waals surface area contributed by atoms with Gasteiger partial charge in [-0.05, 0) is 43.3 Å². The molecule has 9 nitrogen and oxygen atoms in total. The number of rotatable bonds is 8. The van der Waals surface area contributed by atoms with Crippen molar-refractivity contribution < 1.29 is 13.9 Å². The monoisotopic (exact) mass is 419 g/mol. The molecule has 0 saturated heterocycles. The Hall–Kier alpha value is -4.14. The first-order chi connectivity index (χ1) is 15.1. The van der Waals surface area contributed by atoms with Gasteiger partial charge in [-0.2, -0.15) is 5.10 Å². The first-order valence-corrected chi connectivity index (χ1v) is 9.81. The lowest BCUT2D eigenvalue weighted by Gasteiger charge is -2.08. The van der Waals surface area contributed by atoms with E-state index in [-0.39, 0.29) is 30.2 Å². The first kappa shape index (κ1) is 20.1. The highest BCUT2D eigenvalue weighted by Crippen LogP contribution is 2.20. The normalized spacial score (nSPS) is 10.7. The van der Waals surface area contributed by atoms with Crippen molar-refractivity contribution in [2.75, 3.05) is 13.2 Å². The van der Waals surface area contributed by atoms with Crippen LogP contribution in [0.3, 0.4) is 0 Å². The van der Waals surface area contributed by atoms with Crippen LogP contribution in [-0.2, 0) is 6.54 Å². The number of amides is 1. The number of aromatic amines is 1. The lowest BCUT2D eigenvalue weighted by Crippen LogP contribution is -2.31. The molecule has 9 heteroatoms. The molecule has 0 bridgehead atoms. The summed E-state index contributed by atoms with van der Waals surface area (Å²) in [5, 5.41) is 9.50. The van der Waals surface area contributed by atoms with Gasteiger partial charge in [0.2, 0.25) is 0 Å². The summed E-state index contributed by atoms with van der Waals surface area (Å²) in [7, 11) is 0. The number of furan rings is 1. The zero-order chi connectivity index (χ0) is 21.6. The maximum absolute atomic E-state index is 12.4. The van der Waals surface area contributed by atoms with E-state index in [2.05, 4.69) is 20.5 Å². The highest BCUT2D eigenvalue weighted by atomic mass is 16.5. The van der Waals surface area contributed by atoms with E-state index in [0.717, 1.165) is 11.3 Å². The Kier molecular flexibility index (Phi) is 5.93. The third kappa shape index (κ3) is 4.72. The predicted molar refractivity (Wildman–Crippen MR) is 114 cm³/mol. The van der Waals surface area contributed by atoms with Crippen LogP contribution in [0.15, 0.2) is 70.3 Å². The average molecular weight is 419 g/mol. The van der Waals surface area contributed by atoms with Crippen molar-refractivity contribution in [3.63, 3.8) is 0 Å². The first-order valence-electron chi connectivity index (χ1n) is 9.81. The molecule has 158 valence electrons. The van der Waals surface area contributed by atoms with Crippen LogP contribution in [-0.4, -0.2) is 38.8 Å². The van der Waals surface area contributed by atoms with Gasteiger partial charge in [-0.3, -0.25) is 19.3 Å². The van der Waals surface area contributed by atoms with Crippen molar-refractivity contribution in [1.29, 1.82) is 0 Å². The smallest absolute Gasteiger partial charge is 0.271 e. The molecule has 3 aromatic heterocycles. The van der Waals surface area contributed by atoms with Crippen molar-refractivity contribution in [2.45, 2.75) is 13.5 Å². The van der Waals surface area contributed by atoms with E-state index >= 15 is 0 Å². The van der Waals surface area contributed by atoms with E-state index in [4.69, 9.17) is 9.15 Å². The molecule has 0 aliphatic heterocycles. The number of H-pyrrole nitrogens is 1. The van der Waals surface area contributed by atoms with E-state index in [1.165, 1.54) is 17.0 Å². The number of hydrogen-bond donors (Lipinski definition) is 2. The third-order valence-electron chi connectivity index (χ3n) is 4.58. The molecule has 0 radical (unpaired) electrons. The third-order valence-corrected chi connectivity index (χ3v) is 4.58. The molecule has 0 spiro atoms. The van der Waals surface area contributed by atoms with Gasteiger partial charge < -0.3 is 14.5 Å². The molecule has 0 aliphatic carbocycles. The number of nitrogens with one attached hydrogen (secondary N) is 2. The fraction of sp³-hybridized carbons (Fsp3) is 0.182. The molecule has 4 rings (SSSR count). The summed E-state index contributed by atoms with van der Waals surface area (Å²) in [4.78, 5) is 29.1. The lowest BCUT2D eigenvalue weighted by molar-refractivity contribution is 0.0947. The standard InChI is InChI=1S/C22H21N5O4/c1-2-30-16-7-5-15(6-8-16)17-13-21(28)27(14-24-17)10-9-23-22(29)19-12-18(25-26-19)20-4-3-11-31-20/h3-8,11-14H,2,9-10H2,1H3,(H,23,29)(H,25,26). The number of benzene rings is 1. The average Bonchev–Trinajstić information content (AvgIpc) is 3.48. The molecular formula is C22H21N5O4. The van der Waals surface area contributed by atoms with Crippen LogP contribution in [0.2, 0.25) is 0 Å². The van der Waals surface area contributed by atoms with E-state index in [9.17, 15) is 9.59 Å². The fourth-order valence-corrected chi connectivity index (χ4v) is 3.02. The van der Waals surface area contributed by atoms with Crippen LogP contribution < -0.4 is 15.6 Å². The second-order valence-electron chi connectivity index (χ2n) is 6.66. The van der Waals surface area contributed by atoms with Gasteiger partial charge in [0, 0.05) is 30.8 Å². The second kappa shape index (κ2) is 9.12. The highest BCUT2D eigenvalue weighted by molar-refractivity contribution is 5.93. The largest absolute Gasteiger partial charge is 0.494 e. The zero-order valence-electron chi connectivity index (χ0n) is 16.9. The number of nitrogens with zero attached hydrogens (tertiary/aromatic N) is 3. The minimum atomic E-state index is -0.346. The molecule has 0 fully saturated rings. The van der Waals surface area contributed by atoms with E-state index in [1.807, 2.05) is 31.2 Å². The molecule has 0 aliphatic rings. The summed E-state index contributed by atoms with van der Waals surface area (Å²) in [5.41, 5.74) is 2.05. The number of aromatic nitrogens is 4. The Morgan fingerprint density at radius 2 is 2.06 bits per heavy atom. The maximum atomic E-state index is 12.4. The second-order valence-corrected chi connectivity index (χ2v) is 6.66. The molecular weight excluding hydrogens is 398 g/mol. The van der Waals surface area contributed by atoms with Crippen LogP contribution in [0, 0.1) is 0 Å². The Morgan fingerprint density at radius 1 is 1.23 bits per heavy atom. The van der Waals surface area contributed by atoms with E-state index in [0.29, 0.717) is 23.8 Å². The van der Waals surface area contributed by atoms with Gasteiger partial charge >= 0.3 is 0 Å². The van der Waals surface area contributed by atoms with Gasteiger partial charge in [0.1, 0.15) is 11.4 Å². The Bertz CT molecular complexity index is 1210. The summed E-state index contributed by atoms with van der Waals surface area (Å²) in [6.45, 7) is 3.06. The van der Waals surface area contributed by atoms with Gasteiger partial charge in [-0.1, -0.05) is 0 Å². The number of ether oxygens (including phenoxy) is 1. The predicted octanol–water partition coefficient (Wildman–Crippen LogP) is 2.72. The molecule has 3 heterocycles. The summed E-state index contributed by atoms with van der Waals surface area (Å²) in [6, 6.07) is 14.0. The fourth-order valence-electron chi connectivity index (χ4n) is 3.02.